The van der Waals surface area contributed by atoms with E-state index in [1.807, 2.05) is 0 Å². The average Bonchev–Trinajstić information content (AvgIpc) is 2.41. The molecule has 4 nitrogen and oxygen atoms in total. The van der Waals surface area contributed by atoms with Crippen LogP contribution < -0.4 is 10.6 Å². The van der Waals surface area contributed by atoms with Crippen molar-refractivity contribution in [3.8, 4) is 0 Å². The first kappa shape index (κ1) is 11.1. The molecule has 0 aromatic rings. The third-order valence-corrected chi connectivity index (χ3v) is 4.35. The summed E-state index contributed by atoms with van der Waals surface area (Å²) in [6.45, 7) is 2.11. The smallest absolute Gasteiger partial charge is 0.173 e. The summed E-state index contributed by atoms with van der Waals surface area (Å²) in [6.07, 6.45) is 5.16. The summed E-state index contributed by atoms with van der Waals surface area (Å²) in [7, 11) is -2.91. The molecule has 1 fully saturated rings. The van der Waals surface area contributed by atoms with E-state index in [4.69, 9.17) is 0 Å². The summed E-state index contributed by atoms with van der Waals surface area (Å²) in [5.41, 5.74) is 0. The van der Waals surface area contributed by atoms with Crippen LogP contribution in [0.1, 0.15) is 19.3 Å². The molecule has 0 aromatic heterocycles. The molecule has 1 saturated heterocycles. The van der Waals surface area contributed by atoms with Crippen LogP contribution in [0, 0.1) is 0 Å². The molecule has 15 heavy (non-hydrogen) atoms. The van der Waals surface area contributed by atoms with E-state index >= 15 is 0 Å². The van der Waals surface area contributed by atoms with Crippen molar-refractivity contribution in [1.29, 1.82) is 0 Å². The maximum atomic E-state index is 11.2. The Morgan fingerprint density at radius 3 is 2.87 bits per heavy atom. The highest BCUT2D eigenvalue weighted by molar-refractivity contribution is 7.94. The lowest BCUT2D eigenvalue weighted by molar-refractivity contribution is 0.449. The van der Waals surface area contributed by atoms with E-state index in [1.54, 1.807) is 6.08 Å². The summed E-state index contributed by atoms with van der Waals surface area (Å²) >= 11 is 0. The lowest BCUT2D eigenvalue weighted by atomic mass is 10.1. The molecule has 2 aliphatic heterocycles. The van der Waals surface area contributed by atoms with Gasteiger partial charge in [0.05, 0.1) is 5.75 Å². The summed E-state index contributed by atoms with van der Waals surface area (Å²) in [5.74, 6) is 0.233. The second kappa shape index (κ2) is 4.63. The zero-order chi connectivity index (χ0) is 10.7. The van der Waals surface area contributed by atoms with Crippen molar-refractivity contribution in [2.45, 2.75) is 31.3 Å². The fourth-order valence-corrected chi connectivity index (χ4v) is 3.42. The third-order valence-electron chi connectivity index (χ3n) is 2.96. The van der Waals surface area contributed by atoms with Crippen molar-refractivity contribution < 1.29 is 8.42 Å². The highest BCUT2D eigenvalue weighted by Crippen LogP contribution is 2.12. The number of nitrogens with one attached hydrogen (secondary N) is 2. The molecule has 2 rings (SSSR count). The first-order valence-corrected chi connectivity index (χ1v) is 7.25. The van der Waals surface area contributed by atoms with Gasteiger partial charge in [-0.1, -0.05) is 6.08 Å². The third kappa shape index (κ3) is 3.29. The van der Waals surface area contributed by atoms with Crippen molar-refractivity contribution >= 4 is 9.84 Å². The van der Waals surface area contributed by atoms with Crippen LogP contribution in [0.4, 0.5) is 0 Å². The van der Waals surface area contributed by atoms with E-state index in [-0.39, 0.29) is 11.8 Å². The van der Waals surface area contributed by atoms with Crippen molar-refractivity contribution in [3.05, 3.63) is 11.5 Å². The first-order valence-electron chi connectivity index (χ1n) is 5.53. The Balaban J connectivity index is 1.84. The van der Waals surface area contributed by atoms with Gasteiger partial charge in [-0.15, -0.1) is 0 Å². The Labute approximate surface area is 91.0 Å². The van der Waals surface area contributed by atoms with E-state index in [2.05, 4.69) is 10.6 Å². The van der Waals surface area contributed by atoms with Gasteiger partial charge in [-0.05, 0) is 32.4 Å². The summed E-state index contributed by atoms with van der Waals surface area (Å²) in [5, 5.41) is 8.08. The van der Waals surface area contributed by atoms with Crippen LogP contribution in [-0.2, 0) is 9.84 Å². The Bertz CT molecular complexity index is 329. The van der Waals surface area contributed by atoms with E-state index in [1.165, 1.54) is 11.8 Å². The van der Waals surface area contributed by atoms with Gasteiger partial charge in [0, 0.05) is 17.5 Å². The molecule has 2 atom stereocenters. The summed E-state index contributed by atoms with van der Waals surface area (Å²) in [4.78, 5) is 0. The zero-order valence-corrected chi connectivity index (χ0v) is 9.59. The Morgan fingerprint density at radius 1 is 1.27 bits per heavy atom. The van der Waals surface area contributed by atoms with Crippen molar-refractivity contribution in [2.24, 2.45) is 0 Å². The van der Waals surface area contributed by atoms with Crippen molar-refractivity contribution in [3.63, 3.8) is 0 Å². The SMILES string of the molecule is O=S1(=O)C=CC(NC2CCCNCC2)C1. The topological polar surface area (TPSA) is 58.2 Å². The quantitative estimate of drug-likeness (QED) is 0.702. The molecular weight excluding hydrogens is 212 g/mol. The Morgan fingerprint density at radius 2 is 2.13 bits per heavy atom. The molecule has 86 valence electrons. The molecule has 0 bridgehead atoms. The number of sulfone groups is 1. The minimum Gasteiger partial charge on any atom is -0.317 e. The second-order valence-electron chi connectivity index (χ2n) is 4.31. The van der Waals surface area contributed by atoms with Crippen LogP contribution in [0.3, 0.4) is 0 Å². The van der Waals surface area contributed by atoms with Crippen LogP contribution in [0.15, 0.2) is 11.5 Å². The van der Waals surface area contributed by atoms with E-state index in [0.29, 0.717) is 6.04 Å². The number of rotatable bonds is 2. The molecule has 0 aliphatic carbocycles. The minimum atomic E-state index is -2.91. The van der Waals surface area contributed by atoms with Gasteiger partial charge >= 0.3 is 0 Å². The van der Waals surface area contributed by atoms with Gasteiger partial charge in [0.25, 0.3) is 0 Å². The van der Waals surface area contributed by atoms with Gasteiger partial charge in [-0.2, -0.15) is 0 Å². The number of hydrogen-bond acceptors (Lipinski definition) is 4. The maximum absolute atomic E-state index is 11.2. The van der Waals surface area contributed by atoms with E-state index in [0.717, 1.165) is 25.9 Å². The molecule has 0 radical (unpaired) electrons. The fraction of sp³-hybridized carbons (Fsp3) is 0.800. The second-order valence-corrected chi connectivity index (χ2v) is 6.24. The van der Waals surface area contributed by atoms with E-state index < -0.39 is 9.84 Å². The van der Waals surface area contributed by atoms with Gasteiger partial charge in [-0.25, -0.2) is 8.42 Å². The molecule has 2 heterocycles. The number of hydrogen-bond donors (Lipinski definition) is 2. The van der Waals surface area contributed by atoms with Crippen molar-refractivity contribution in [1.82, 2.24) is 10.6 Å². The van der Waals surface area contributed by atoms with Gasteiger partial charge in [0.1, 0.15) is 0 Å². The van der Waals surface area contributed by atoms with Gasteiger partial charge in [-0.3, -0.25) is 0 Å². The van der Waals surface area contributed by atoms with Crippen LogP contribution in [0.25, 0.3) is 0 Å². The van der Waals surface area contributed by atoms with Crippen molar-refractivity contribution in [2.75, 3.05) is 18.8 Å². The largest absolute Gasteiger partial charge is 0.317 e. The molecule has 2 aliphatic rings. The molecule has 2 N–H and O–H groups in total. The Hall–Kier alpha value is -0.390. The van der Waals surface area contributed by atoms with Crippen LogP contribution in [-0.4, -0.2) is 39.3 Å². The fourth-order valence-electron chi connectivity index (χ4n) is 2.17. The maximum Gasteiger partial charge on any atom is 0.173 e. The van der Waals surface area contributed by atoms with Crippen LogP contribution in [0.2, 0.25) is 0 Å². The first-order chi connectivity index (χ1) is 7.16. The lowest BCUT2D eigenvalue weighted by Crippen LogP contribution is -2.39. The van der Waals surface area contributed by atoms with Gasteiger partial charge in [0.2, 0.25) is 0 Å². The molecule has 2 unspecified atom stereocenters. The highest BCUT2D eigenvalue weighted by atomic mass is 32.2. The minimum absolute atomic E-state index is 0.0260. The molecule has 0 aromatic carbocycles. The summed E-state index contributed by atoms with van der Waals surface area (Å²) in [6, 6.07) is 0.487. The zero-order valence-electron chi connectivity index (χ0n) is 8.78. The summed E-state index contributed by atoms with van der Waals surface area (Å²) < 4.78 is 22.4. The molecule has 5 heteroatoms. The Kier molecular flexibility index (Phi) is 3.43. The van der Waals surface area contributed by atoms with Crippen LogP contribution in [0.5, 0.6) is 0 Å². The normalized spacial score (nSPS) is 35.2. The monoisotopic (exact) mass is 230 g/mol. The molecule has 0 saturated carbocycles. The lowest BCUT2D eigenvalue weighted by Gasteiger charge is -2.19. The highest BCUT2D eigenvalue weighted by Gasteiger charge is 2.24. The predicted octanol–water partition coefficient (Wildman–Crippen LogP) is 0.0288. The van der Waals surface area contributed by atoms with Crippen LogP contribution >= 0.6 is 0 Å². The standard InChI is InChI=1S/C10H18N2O2S/c13-15(14)7-4-10(8-15)12-9-2-1-5-11-6-3-9/h4,7,9-12H,1-3,5-6,8H2. The average molecular weight is 230 g/mol. The molecule has 0 spiro atoms. The van der Waals surface area contributed by atoms with E-state index in [9.17, 15) is 8.42 Å². The van der Waals surface area contributed by atoms with Gasteiger partial charge in [0.15, 0.2) is 9.84 Å². The molecular formula is C10H18N2O2S. The molecule has 0 amide bonds. The predicted molar refractivity (Wildman–Crippen MR) is 60.4 cm³/mol. The van der Waals surface area contributed by atoms with Gasteiger partial charge < -0.3 is 10.6 Å².